The summed E-state index contributed by atoms with van der Waals surface area (Å²) < 4.78 is 0. The van der Waals surface area contributed by atoms with Crippen molar-refractivity contribution in [3.63, 3.8) is 0 Å². The smallest absolute Gasteiger partial charge is 0.177 e. The fourth-order valence-electron chi connectivity index (χ4n) is 1.45. The molecular weight excluding hydrogens is 176 g/mol. The van der Waals surface area contributed by atoms with Crippen molar-refractivity contribution in [3.05, 3.63) is 24.2 Å². The van der Waals surface area contributed by atoms with Crippen molar-refractivity contribution in [1.29, 1.82) is 0 Å². The van der Waals surface area contributed by atoms with Crippen LogP contribution in [0.2, 0.25) is 0 Å². The Morgan fingerprint density at radius 2 is 2.36 bits per heavy atom. The fourth-order valence-corrected chi connectivity index (χ4v) is 1.45. The lowest BCUT2D eigenvalue weighted by molar-refractivity contribution is 0.677. The molecule has 2 aromatic heterocycles. The summed E-state index contributed by atoms with van der Waals surface area (Å²) in [6.07, 6.45) is 4.63. The molecule has 0 amide bonds. The van der Waals surface area contributed by atoms with Gasteiger partial charge in [-0.05, 0) is 24.6 Å². The van der Waals surface area contributed by atoms with Crippen molar-refractivity contribution in [2.75, 3.05) is 6.54 Å². The molecule has 0 radical (unpaired) electrons. The molecule has 2 rings (SSSR count). The van der Waals surface area contributed by atoms with Crippen LogP contribution in [0.15, 0.2) is 18.6 Å². The molecule has 4 heteroatoms. The molecule has 0 aliphatic carbocycles. The fraction of sp³-hybridized carbons (Fsp3) is 0.400. The summed E-state index contributed by atoms with van der Waals surface area (Å²) in [6.45, 7) is 4.07. The maximum Gasteiger partial charge on any atom is 0.177 e. The summed E-state index contributed by atoms with van der Waals surface area (Å²) in [7, 11) is 0. The van der Waals surface area contributed by atoms with Crippen LogP contribution in [-0.2, 0) is 6.54 Å². The van der Waals surface area contributed by atoms with E-state index in [1.54, 1.807) is 12.5 Å². The van der Waals surface area contributed by atoms with Gasteiger partial charge in [0, 0.05) is 12.7 Å². The van der Waals surface area contributed by atoms with Crippen molar-refractivity contribution in [2.45, 2.75) is 19.9 Å². The number of H-pyrrole nitrogens is 1. The quantitative estimate of drug-likeness (QED) is 0.717. The van der Waals surface area contributed by atoms with E-state index in [4.69, 9.17) is 0 Å². The second-order valence-corrected chi connectivity index (χ2v) is 3.25. The lowest BCUT2D eigenvalue weighted by atomic mass is 10.2. The minimum atomic E-state index is 0.792. The summed E-state index contributed by atoms with van der Waals surface area (Å²) in [4.78, 5) is 11.4. The molecule has 2 heterocycles. The molecule has 0 bridgehead atoms. The number of aromatic nitrogens is 3. The molecule has 4 nitrogen and oxygen atoms in total. The summed E-state index contributed by atoms with van der Waals surface area (Å²) in [5.74, 6) is 0. The van der Waals surface area contributed by atoms with Gasteiger partial charge in [-0.3, -0.25) is 0 Å². The zero-order valence-corrected chi connectivity index (χ0v) is 8.25. The van der Waals surface area contributed by atoms with Crippen molar-refractivity contribution in [1.82, 2.24) is 20.3 Å². The molecule has 2 aromatic rings. The summed E-state index contributed by atoms with van der Waals surface area (Å²) in [6, 6.07) is 2.02. The number of nitrogens with zero attached hydrogens (tertiary/aromatic N) is 2. The maximum absolute atomic E-state index is 4.16. The Hall–Kier alpha value is -1.42. The van der Waals surface area contributed by atoms with Crippen LogP contribution in [-0.4, -0.2) is 21.5 Å². The normalized spacial score (nSPS) is 10.9. The van der Waals surface area contributed by atoms with E-state index in [1.165, 1.54) is 5.56 Å². The molecular formula is C10H14N4. The monoisotopic (exact) mass is 190 g/mol. The first-order valence-electron chi connectivity index (χ1n) is 4.89. The molecule has 0 unspecified atom stereocenters. The van der Waals surface area contributed by atoms with E-state index in [0.717, 1.165) is 30.7 Å². The summed E-state index contributed by atoms with van der Waals surface area (Å²) in [5.41, 5.74) is 3.05. The molecule has 14 heavy (non-hydrogen) atoms. The number of nitrogens with one attached hydrogen (secondary N) is 2. The zero-order chi connectivity index (χ0) is 9.80. The summed E-state index contributed by atoms with van der Waals surface area (Å²) >= 11 is 0. The second-order valence-electron chi connectivity index (χ2n) is 3.25. The van der Waals surface area contributed by atoms with Crippen LogP contribution in [0.3, 0.4) is 0 Å². The van der Waals surface area contributed by atoms with Crippen molar-refractivity contribution >= 4 is 11.2 Å². The van der Waals surface area contributed by atoms with Gasteiger partial charge in [-0.2, -0.15) is 0 Å². The minimum Gasteiger partial charge on any atom is -0.343 e. The van der Waals surface area contributed by atoms with Crippen molar-refractivity contribution in [3.8, 4) is 0 Å². The Morgan fingerprint density at radius 1 is 1.43 bits per heavy atom. The largest absolute Gasteiger partial charge is 0.343 e. The standard InChI is InChI=1S/C10H14N4/c1-2-4-11-6-8-3-5-12-10-9(8)13-7-14-10/h3,5,7,11H,2,4,6H2,1H3,(H,12,13,14). The first-order valence-corrected chi connectivity index (χ1v) is 4.89. The predicted molar refractivity (Wildman–Crippen MR) is 55.9 cm³/mol. The third-order valence-electron chi connectivity index (χ3n) is 2.16. The van der Waals surface area contributed by atoms with E-state index in [1.807, 2.05) is 6.07 Å². The van der Waals surface area contributed by atoms with Gasteiger partial charge < -0.3 is 10.3 Å². The Balaban J connectivity index is 2.19. The van der Waals surface area contributed by atoms with Crippen LogP contribution in [0, 0.1) is 0 Å². The highest BCUT2D eigenvalue weighted by Gasteiger charge is 2.02. The first kappa shape index (κ1) is 9.15. The average molecular weight is 190 g/mol. The number of aromatic amines is 1. The van der Waals surface area contributed by atoms with E-state index in [0.29, 0.717) is 0 Å². The van der Waals surface area contributed by atoms with Gasteiger partial charge in [0.25, 0.3) is 0 Å². The SMILES string of the molecule is CCCNCc1ccnc2nc[nH]c12. The second kappa shape index (κ2) is 4.19. The van der Waals surface area contributed by atoms with Gasteiger partial charge in [0.2, 0.25) is 0 Å². The Kier molecular flexibility index (Phi) is 2.74. The van der Waals surface area contributed by atoms with Gasteiger partial charge in [0.05, 0.1) is 11.8 Å². The maximum atomic E-state index is 4.16. The van der Waals surface area contributed by atoms with Crippen LogP contribution in [0.25, 0.3) is 11.2 Å². The molecule has 0 saturated carbocycles. The van der Waals surface area contributed by atoms with Gasteiger partial charge in [-0.15, -0.1) is 0 Å². The highest BCUT2D eigenvalue weighted by atomic mass is 15.0. The highest BCUT2D eigenvalue weighted by Crippen LogP contribution is 2.11. The van der Waals surface area contributed by atoms with E-state index in [2.05, 4.69) is 27.2 Å². The number of hydrogen-bond acceptors (Lipinski definition) is 3. The third kappa shape index (κ3) is 1.75. The van der Waals surface area contributed by atoms with Crippen LogP contribution >= 0.6 is 0 Å². The molecule has 2 N–H and O–H groups in total. The molecule has 0 fully saturated rings. The molecule has 74 valence electrons. The average Bonchev–Trinajstić information content (AvgIpc) is 2.67. The Morgan fingerprint density at radius 3 is 3.21 bits per heavy atom. The first-order chi connectivity index (χ1) is 6.92. The van der Waals surface area contributed by atoms with Crippen molar-refractivity contribution < 1.29 is 0 Å². The van der Waals surface area contributed by atoms with Crippen LogP contribution < -0.4 is 5.32 Å². The van der Waals surface area contributed by atoms with E-state index in [-0.39, 0.29) is 0 Å². The van der Waals surface area contributed by atoms with Crippen LogP contribution in [0.1, 0.15) is 18.9 Å². The molecule has 0 aliphatic heterocycles. The molecule has 0 saturated heterocycles. The van der Waals surface area contributed by atoms with Crippen molar-refractivity contribution in [2.24, 2.45) is 0 Å². The van der Waals surface area contributed by atoms with E-state index in [9.17, 15) is 0 Å². The summed E-state index contributed by atoms with van der Waals surface area (Å²) in [5, 5.41) is 3.36. The Bertz CT molecular complexity index is 407. The molecule has 0 aliphatic rings. The van der Waals surface area contributed by atoms with Gasteiger partial charge in [0.1, 0.15) is 0 Å². The van der Waals surface area contributed by atoms with Gasteiger partial charge in [-0.25, -0.2) is 9.97 Å². The molecule has 0 spiro atoms. The third-order valence-corrected chi connectivity index (χ3v) is 2.16. The number of imidazole rings is 1. The van der Waals surface area contributed by atoms with Gasteiger partial charge in [0.15, 0.2) is 5.65 Å². The zero-order valence-electron chi connectivity index (χ0n) is 8.25. The molecule has 0 atom stereocenters. The van der Waals surface area contributed by atoms with E-state index < -0.39 is 0 Å². The number of hydrogen-bond donors (Lipinski definition) is 2. The van der Waals surface area contributed by atoms with Gasteiger partial charge in [-0.1, -0.05) is 6.92 Å². The van der Waals surface area contributed by atoms with Crippen LogP contribution in [0.5, 0.6) is 0 Å². The Labute approximate surface area is 82.8 Å². The number of rotatable bonds is 4. The van der Waals surface area contributed by atoms with E-state index >= 15 is 0 Å². The minimum absolute atomic E-state index is 0.792. The lowest BCUT2D eigenvalue weighted by Gasteiger charge is -2.03. The number of pyridine rings is 1. The highest BCUT2D eigenvalue weighted by molar-refractivity contribution is 5.73. The molecule has 0 aromatic carbocycles. The lowest BCUT2D eigenvalue weighted by Crippen LogP contribution is -2.14. The number of fused-ring (bicyclic) bond motifs is 1. The predicted octanol–water partition coefficient (Wildman–Crippen LogP) is 1.46. The topological polar surface area (TPSA) is 53.6 Å². The van der Waals surface area contributed by atoms with Gasteiger partial charge >= 0.3 is 0 Å². The van der Waals surface area contributed by atoms with Crippen LogP contribution in [0.4, 0.5) is 0 Å².